The van der Waals surface area contributed by atoms with E-state index < -0.39 is 0 Å². The Kier molecular flexibility index (Phi) is 5.34. The summed E-state index contributed by atoms with van der Waals surface area (Å²) >= 11 is 0. The number of nitrogens with one attached hydrogen (secondary N) is 1. The van der Waals surface area contributed by atoms with Crippen LogP contribution in [-0.2, 0) is 0 Å². The summed E-state index contributed by atoms with van der Waals surface area (Å²) < 4.78 is 0. The molecule has 3 rings (SSSR count). The highest BCUT2D eigenvalue weighted by Crippen LogP contribution is 2.26. The standard InChI is InChI=1S/C20H28N4/c1-15(2)14-21-20-22-18(17-7-5-4-6-8-17)13-19(23-20)24-11-9-16(3)10-12-24/h4-8,13,15-16H,9-12,14H2,1-3H3,(H,21,22,23). The summed E-state index contributed by atoms with van der Waals surface area (Å²) in [5, 5.41) is 3.39. The van der Waals surface area contributed by atoms with Crippen molar-refractivity contribution >= 4 is 11.8 Å². The molecular formula is C20H28N4. The highest BCUT2D eigenvalue weighted by molar-refractivity contribution is 5.64. The molecule has 0 atom stereocenters. The van der Waals surface area contributed by atoms with Crippen LogP contribution in [0.5, 0.6) is 0 Å². The van der Waals surface area contributed by atoms with Crippen molar-refractivity contribution in [2.24, 2.45) is 11.8 Å². The van der Waals surface area contributed by atoms with Gasteiger partial charge in [-0.25, -0.2) is 4.98 Å². The first-order valence-electron chi connectivity index (χ1n) is 9.05. The van der Waals surface area contributed by atoms with E-state index in [-0.39, 0.29) is 0 Å². The van der Waals surface area contributed by atoms with E-state index >= 15 is 0 Å². The van der Waals surface area contributed by atoms with Crippen LogP contribution in [0.1, 0.15) is 33.6 Å². The highest BCUT2D eigenvalue weighted by Gasteiger charge is 2.18. The maximum absolute atomic E-state index is 4.78. The summed E-state index contributed by atoms with van der Waals surface area (Å²) in [6.07, 6.45) is 2.47. The van der Waals surface area contributed by atoms with Crippen molar-refractivity contribution < 1.29 is 0 Å². The van der Waals surface area contributed by atoms with Gasteiger partial charge in [0.05, 0.1) is 5.69 Å². The molecule has 24 heavy (non-hydrogen) atoms. The van der Waals surface area contributed by atoms with Gasteiger partial charge in [-0.2, -0.15) is 4.98 Å². The monoisotopic (exact) mass is 324 g/mol. The third-order valence-electron chi connectivity index (χ3n) is 4.56. The van der Waals surface area contributed by atoms with Gasteiger partial charge in [0.25, 0.3) is 0 Å². The number of hydrogen-bond acceptors (Lipinski definition) is 4. The van der Waals surface area contributed by atoms with Gasteiger partial charge in [0.1, 0.15) is 5.82 Å². The average molecular weight is 324 g/mol. The molecule has 0 spiro atoms. The van der Waals surface area contributed by atoms with Crippen molar-refractivity contribution in [2.75, 3.05) is 29.9 Å². The molecule has 128 valence electrons. The van der Waals surface area contributed by atoms with Crippen molar-refractivity contribution in [1.29, 1.82) is 0 Å². The van der Waals surface area contributed by atoms with Gasteiger partial charge in [0.15, 0.2) is 0 Å². The molecule has 0 unspecified atom stereocenters. The van der Waals surface area contributed by atoms with Gasteiger partial charge in [-0.15, -0.1) is 0 Å². The second-order valence-corrected chi connectivity index (χ2v) is 7.25. The smallest absolute Gasteiger partial charge is 0.225 e. The van der Waals surface area contributed by atoms with Crippen molar-refractivity contribution in [2.45, 2.75) is 33.6 Å². The Bertz CT molecular complexity index is 646. The number of hydrogen-bond donors (Lipinski definition) is 1. The molecular weight excluding hydrogens is 296 g/mol. The Morgan fingerprint density at radius 1 is 1.12 bits per heavy atom. The largest absolute Gasteiger partial charge is 0.356 e. The molecule has 4 heteroatoms. The Labute approximate surface area is 145 Å². The molecule has 1 aliphatic heterocycles. The van der Waals surface area contributed by atoms with Gasteiger partial charge in [-0.3, -0.25) is 0 Å². The minimum absolute atomic E-state index is 0.563. The van der Waals surface area contributed by atoms with E-state index in [1.807, 2.05) is 6.07 Å². The van der Waals surface area contributed by atoms with Gasteiger partial charge in [0.2, 0.25) is 5.95 Å². The van der Waals surface area contributed by atoms with E-state index in [1.54, 1.807) is 0 Å². The predicted octanol–water partition coefficient (Wildman–Crippen LogP) is 4.45. The van der Waals surface area contributed by atoms with Crippen molar-refractivity contribution in [1.82, 2.24) is 9.97 Å². The van der Waals surface area contributed by atoms with Crippen LogP contribution in [0.15, 0.2) is 36.4 Å². The van der Waals surface area contributed by atoms with Crippen LogP contribution >= 0.6 is 0 Å². The molecule has 0 aliphatic carbocycles. The van der Waals surface area contributed by atoms with Crippen molar-refractivity contribution in [3.8, 4) is 11.3 Å². The summed E-state index contributed by atoms with van der Waals surface area (Å²) in [6, 6.07) is 12.5. The maximum atomic E-state index is 4.78. The van der Waals surface area contributed by atoms with Gasteiger partial charge in [-0.1, -0.05) is 51.1 Å². The summed E-state index contributed by atoms with van der Waals surface area (Å²) in [4.78, 5) is 11.9. The lowest BCUT2D eigenvalue weighted by atomic mass is 9.99. The maximum Gasteiger partial charge on any atom is 0.225 e. The molecule has 2 aromatic rings. The normalized spacial score (nSPS) is 15.8. The minimum Gasteiger partial charge on any atom is -0.356 e. The van der Waals surface area contributed by atoms with E-state index in [9.17, 15) is 0 Å². The van der Waals surface area contributed by atoms with Crippen LogP contribution in [0.25, 0.3) is 11.3 Å². The molecule has 1 saturated heterocycles. The van der Waals surface area contributed by atoms with Crippen LogP contribution < -0.4 is 10.2 Å². The summed E-state index contributed by atoms with van der Waals surface area (Å²) in [5.41, 5.74) is 2.13. The zero-order valence-electron chi connectivity index (χ0n) is 15.0. The first-order chi connectivity index (χ1) is 11.6. The Hall–Kier alpha value is -2.10. The summed E-state index contributed by atoms with van der Waals surface area (Å²) in [5.74, 6) is 3.16. The number of rotatable bonds is 5. The van der Waals surface area contributed by atoms with Crippen molar-refractivity contribution in [3.63, 3.8) is 0 Å². The minimum atomic E-state index is 0.563. The molecule has 1 aromatic heterocycles. The number of nitrogens with zero attached hydrogens (tertiary/aromatic N) is 3. The quantitative estimate of drug-likeness (QED) is 0.882. The molecule has 2 heterocycles. The topological polar surface area (TPSA) is 41.1 Å². The molecule has 0 amide bonds. The predicted molar refractivity (Wildman–Crippen MR) is 101 cm³/mol. The van der Waals surface area contributed by atoms with Crippen LogP contribution in [-0.4, -0.2) is 29.6 Å². The third-order valence-corrected chi connectivity index (χ3v) is 4.56. The van der Waals surface area contributed by atoms with E-state index in [1.165, 1.54) is 12.8 Å². The SMILES string of the molecule is CC(C)CNc1nc(-c2ccccc2)cc(N2CCC(C)CC2)n1. The number of aromatic nitrogens is 2. The molecule has 0 radical (unpaired) electrons. The van der Waals surface area contributed by atoms with Gasteiger partial charge in [-0.05, 0) is 24.7 Å². The summed E-state index contributed by atoms with van der Waals surface area (Å²) in [7, 11) is 0. The lowest BCUT2D eigenvalue weighted by Crippen LogP contribution is -2.33. The number of anilines is 2. The molecule has 4 nitrogen and oxygen atoms in total. The van der Waals surface area contributed by atoms with E-state index in [0.29, 0.717) is 5.92 Å². The second kappa shape index (κ2) is 7.65. The zero-order valence-corrected chi connectivity index (χ0v) is 15.0. The van der Waals surface area contributed by atoms with Gasteiger partial charge in [0, 0.05) is 31.3 Å². The van der Waals surface area contributed by atoms with Gasteiger partial charge < -0.3 is 10.2 Å². The Morgan fingerprint density at radius 2 is 1.83 bits per heavy atom. The lowest BCUT2D eigenvalue weighted by molar-refractivity contribution is 0.436. The van der Waals surface area contributed by atoms with Crippen LogP contribution in [0.3, 0.4) is 0 Å². The van der Waals surface area contributed by atoms with E-state index in [4.69, 9.17) is 9.97 Å². The lowest BCUT2D eigenvalue weighted by Gasteiger charge is -2.31. The number of piperidine rings is 1. The second-order valence-electron chi connectivity index (χ2n) is 7.25. The fourth-order valence-corrected chi connectivity index (χ4v) is 2.97. The fourth-order valence-electron chi connectivity index (χ4n) is 2.97. The molecule has 1 aromatic carbocycles. The van der Waals surface area contributed by atoms with Gasteiger partial charge >= 0.3 is 0 Å². The van der Waals surface area contributed by atoms with E-state index in [0.717, 1.165) is 48.6 Å². The molecule has 1 fully saturated rings. The van der Waals surface area contributed by atoms with Crippen LogP contribution in [0.4, 0.5) is 11.8 Å². The summed E-state index contributed by atoms with van der Waals surface area (Å²) in [6.45, 7) is 9.77. The molecule has 0 bridgehead atoms. The molecule has 1 aliphatic rings. The molecule has 0 saturated carbocycles. The van der Waals surface area contributed by atoms with Crippen molar-refractivity contribution in [3.05, 3.63) is 36.4 Å². The Balaban J connectivity index is 1.90. The average Bonchev–Trinajstić information content (AvgIpc) is 2.61. The van der Waals surface area contributed by atoms with E-state index in [2.05, 4.69) is 61.3 Å². The zero-order chi connectivity index (χ0) is 16.9. The first-order valence-corrected chi connectivity index (χ1v) is 9.05. The Morgan fingerprint density at radius 3 is 2.50 bits per heavy atom. The highest BCUT2D eigenvalue weighted by atomic mass is 15.2. The number of benzene rings is 1. The van der Waals surface area contributed by atoms with Crippen LogP contribution in [0.2, 0.25) is 0 Å². The third kappa shape index (κ3) is 4.25. The molecule has 1 N–H and O–H groups in total. The first kappa shape index (κ1) is 16.7. The van der Waals surface area contributed by atoms with Crippen LogP contribution in [0, 0.1) is 11.8 Å². The fraction of sp³-hybridized carbons (Fsp3) is 0.500.